The summed E-state index contributed by atoms with van der Waals surface area (Å²) in [6.45, 7) is 3.88. The van der Waals surface area contributed by atoms with Crippen molar-refractivity contribution in [3.63, 3.8) is 0 Å². The Morgan fingerprint density at radius 1 is 1.75 bits per heavy atom. The third kappa shape index (κ3) is 0.937. The van der Waals surface area contributed by atoms with Gasteiger partial charge in [-0.05, 0) is 6.92 Å². The molecule has 0 spiro atoms. The van der Waals surface area contributed by atoms with Crippen LogP contribution in [0.2, 0.25) is 0 Å². The summed E-state index contributed by atoms with van der Waals surface area (Å²) in [5, 5.41) is 16.9. The smallest absolute Gasteiger partial charge is 0.161 e. The predicted octanol–water partition coefficient (Wildman–Crippen LogP) is -0.911. The lowest BCUT2D eigenvalue weighted by Crippen LogP contribution is -2.58. The van der Waals surface area contributed by atoms with Gasteiger partial charge in [-0.15, -0.1) is 0 Å². The lowest BCUT2D eigenvalue weighted by molar-refractivity contribution is -0.0264. The van der Waals surface area contributed by atoms with Crippen LogP contribution in [0.3, 0.4) is 0 Å². The molecule has 0 aliphatic carbocycles. The van der Waals surface area contributed by atoms with Crippen molar-refractivity contribution >= 4 is 0 Å². The van der Waals surface area contributed by atoms with Crippen molar-refractivity contribution in [2.24, 2.45) is 0 Å². The molecule has 0 amide bonds. The monoisotopic (exact) mass is 168 g/mol. The van der Waals surface area contributed by atoms with E-state index < -0.39 is 5.60 Å². The van der Waals surface area contributed by atoms with Crippen LogP contribution < -0.4 is 5.32 Å². The average Bonchev–Trinajstić information content (AvgIpc) is 2.47. The van der Waals surface area contributed by atoms with E-state index >= 15 is 0 Å². The molecule has 1 aromatic rings. The molecule has 0 bridgehead atoms. The Balaban J connectivity index is 2.31. The second kappa shape index (κ2) is 2.53. The Morgan fingerprint density at radius 2 is 2.50 bits per heavy atom. The molecule has 0 aromatic carbocycles. The van der Waals surface area contributed by atoms with Gasteiger partial charge in [-0.2, -0.15) is 5.10 Å². The zero-order valence-corrected chi connectivity index (χ0v) is 6.99. The van der Waals surface area contributed by atoms with Gasteiger partial charge >= 0.3 is 0 Å². The van der Waals surface area contributed by atoms with E-state index in [0.29, 0.717) is 18.9 Å². The first-order chi connectivity index (χ1) is 5.76. The van der Waals surface area contributed by atoms with Crippen molar-refractivity contribution in [1.29, 1.82) is 0 Å². The van der Waals surface area contributed by atoms with Gasteiger partial charge in [-0.3, -0.25) is 0 Å². The third-order valence-electron chi connectivity index (χ3n) is 2.17. The van der Waals surface area contributed by atoms with Gasteiger partial charge in [0, 0.05) is 19.6 Å². The molecule has 1 saturated heterocycles. The van der Waals surface area contributed by atoms with E-state index in [1.807, 2.05) is 6.92 Å². The minimum absolute atomic E-state index is 0.575. The van der Waals surface area contributed by atoms with Crippen molar-refractivity contribution in [1.82, 2.24) is 20.1 Å². The minimum atomic E-state index is -0.785. The molecule has 12 heavy (non-hydrogen) atoms. The summed E-state index contributed by atoms with van der Waals surface area (Å²) >= 11 is 0. The molecule has 5 nitrogen and oxygen atoms in total. The first-order valence-corrected chi connectivity index (χ1v) is 4.07. The van der Waals surface area contributed by atoms with E-state index in [-0.39, 0.29) is 0 Å². The molecule has 0 radical (unpaired) electrons. The van der Waals surface area contributed by atoms with Crippen LogP contribution in [-0.4, -0.2) is 33.0 Å². The second-order valence-corrected chi connectivity index (χ2v) is 3.03. The molecular formula is C7H12N4O. The number of nitrogens with one attached hydrogen (secondary N) is 1. The Bertz CT molecular complexity index is 279. The predicted molar refractivity (Wildman–Crippen MR) is 42.5 cm³/mol. The molecule has 2 heterocycles. The topological polar surface area (TPSA) is 63.0 Å². The van der Waals surface area contributed by atoms with Gasteiger partial charge in [0.05, 0.1) is 0 Å². The number of hydrogen-bond donors (Lipinski definition) is 2. The SMILES string of the molecule is CCn1ncnc1C1(O)CNC1. The normalized spacial score (nSPS) is 20.5. The molecule has 0 saturated carbocycles. The second-order valence-electron chi connectivity index (χ2n) is 3.03. The van der Waals surface area contributed by atoms with Gasteiger partial charge in [0.2, 0.25) is 0 Å². The summed E-state index contributed by atoms with van der Waals surface area (Å²) in [6.07, 6.45) is 1.48. The Labute approximate surface area is 70.4 Å². The van der Waals surface area contributed by atoms with Gasteiger partial charge in [0.1, 0.15) is 11.9 Å². The molecule has 5 heteroatoms. The lowest BCUT2D eigenvalue weighted by atomic mass is 9.96. The fourth-order valence-corrected chi connectivity index (χ4v) is 1.38. The summed E-state index contributed by atoms with van der Waals surface area (Å²) in [5.74, 6) is 0.670. The maximum atomic E-state index is 9.90. The molecule has 0 atom stereocenters. The average molecular weight is 168 g/mol. The van der Waals surface area contributed by atoms with Crippen molar-refractivity contribution in [3.05, 3.63) is 12.2 Å². The molecule has 2 rings (SSSR count). The van der Waals surface area contributed by atoms with Gasteiger partial charge < -0.3 is 10.4 Å². The highest BCUT2D eigenvalue weighted by atomic mass is 16.3. The van der Waals surface area contributed by atoms with Gasteiger partial charge in [-0.25, -0.2) is 9.67 Å². The van der Waals surface area contributed by atoms with Crippen LogP contribution >= 0.6 is 0 Å². The minimum Gasteiger partial charge on any atom is -0.379 e. The largest absolute Gasteiger partial charge is 0.379 e. The molecule has 1 fully saturated rings. The fourth-order valence-electron chi connectivity index (χ4n) is 1.38. The van der Waals surface area contributed by atoms with Crippen LogP contribution in [0.1, 0.15) is 12.7 Å². The van der Waals surface area contributed by atoms with E-state index in [1.165, 1.54) is 6.33 Å². The van der Waals surface area contributed by atoms with E-state index in [0.717, 1.165) is 6.54 Å². The molecule has 2 N–H and O–H groups in total. The summed E-state index contributed by atoms with van der Waals surface area (Å²) in [6, 6.07) is 0. The first kappa shape index (κ1) is 7.70. The molecule has 1 aromatic heterocycles. The summed E-state index contributed by atoms with van der Waals surface area (Å²) in [5.41, 5.74) is -0.785. The third-order valence-corrected chi connectivity index (χ3v) is 2.17. The number of β-amino-alcohol motifs (C(OH)–C–C–N with tert-alkyl or cyclic N) is 1. The van der Waals surface area contributed by atoms with Crippen LogP contribution in [0.15, 0.2) is 6.33 Å². The Hall–Kier alpha value is -0.940. The van der Waals surface area contributed by atoms with Crippen LogP contribution in [-0.2, 0) is 12.1 Å². The van der Waals surface area contributed by atoms with Crippen LogP contribution in [0, 0.1) is 0 Å². The number of nitrogens with zero attached hydrogens (tertiary/aromatic N) is 3. The highest BCUT2D eigenvalue weighted by Crippen LogP contribution is 2.22. The van der Waals surface area contributed by atoms with Crippen molar-refractivity contribution in [2.45, 2.75) is 19.1 Å². The zero-order valence-electron chi connectivity index (χ0n) is 6.99. The van der Waals surface area contributed by atoms with Gasteiger partial charge in [-0.1, -0.05) is 0 Å². The van der Waals surface area contributed by atoms with Crippen molar-refractivity contribution in [3.8, 4) is 0 Å². The molecular weight excluding hydrogens is 156 g/mol. The maximum Gasteiger partial charge on any atom is 0.161 e. The van der Waals surface area contributed by atoms with E-state index in [9.17, 15) is 5.11 Å². The summed E-state index contributed by atoms with van der Waals surface area (Å²) < 4.78 is 1.72. The highest BCUT2D eigenvalue weighted by Gasteiger charge is 2.40. The van der Waals surface area contributed by atoms with Crippen LogP contribution in [0.25, 0.3) is 0 Å². The van der Waals surface area contributed by atoms with Crippen LogP contribution in [0.4, 0.5) is 0 Å². The molecule has 1 aliphatic rings. The van der Waals surface area contributed by atoms with Crippen LogP contribution in [0.5, 0.6) is 0 Å². The Morgan fingerprint density at radius 3 is 3.00 bits per heavy atom. The van der Waals surface area contributed by atoms with Gasteiger partial charge in [0.25, 0.3) is 0 Å². The molecule has 66 valence electrons. The number of rotatable bonds is 2. The first-order valence-electron chi connectivity index (χ1n) is 4.07. The quantitative estimate of drug-likeness (QED) is 0.600. The van der Waals surface area contributed by atoms with Crippen molar-refractivity contribution < 1.29 is 5.11 Å². The highest BCUT2D eigenvalue weighted by molar-refractivity contribution is 5.08. The summed E-state index contributed by atoms with van der Waals surface area (Å²) in [4.78, 5) is 4.04. The van der Waals surface area contributed by atoms with Gasteiger partial charge in [0.15, 0.2) is 5.82 Å². The lowest BCUT2D eigenvalue weighted by Gasteiger charge is -2.36. The number of aliphatic hydroxyl groups is 1. The molecule has 1 aliphatic heterocycles. The standard InChI is InChI=1S/C7H12N4O/c1-2-11-6(9-5-10-11)7(12)3-8-4-7/h5,8,12H,2-4H2,1H3. The maximum absolute atomic E-state index is 9.90. The van der Waals surface area contributed by atoms with E-state index in [4.69, 9.17) is 0 Å². The zero-order chi connectivity index (χ0) is 8.60. The summed E-state index contributed by atoms with van der Waals surface area (Å²) in [7, 11) is 0. The Kier molecular flexibility index (Phi) is 1.62. The number of hydrogen-bond acceptors (Lipinski definition) is 4. The number of aromatic nitrogens is 3. The molecule has 0 unspecified atom stereocenters. The number of aryl methyl sites for hydroxylation is 1. The van der Waals surface area contributed by atoms with Crippen molar-refractivity contribution in [2.75, 3.05) is 13.1 Å². The van der Waals surface area contributed by atoms with E-state index in [1.54, 1.807) is 4.68 Å². The fraction of sp³-hybridized carbons (Fsp3) is 0.714. The van der Waals surface area contributed by atoms with E-state index in [2.05, 4.69) is 15.4 Å².